The van der Waals surface area contributed by atoms with Gasteiger partial charge in [-0.2, -0.15) is 0 Å². The second-order valence-corrected chi connectivity index (χ2v) is 11.2. The predicted molar refractivity (Wildman–Crippen MR) is 134 cm³/mol. The summed E-state index contributed by atoms with van der Waals surface area (Å²) in [5, 5.41) is 11.6. The third kappa shape index (κ3) is 5.27. The van der Waals surface area contributed by atoms with Crippen LogP contribution in [-0.2, 0) is 11.3 Å². The average molecular weight is 466 g/mol. The first kappa shape index (κ1) is 24.6. The molecule has 1 amide bonds. The smallest absolute Gasteiger partial charge is 0.253 e. The van der Waals surface area contributed by atoms with Crippen LogP contribution in [0, 0.1) is 17.3 Å². The lowest BCUT2D eigenvalue weighted by molar-refractivity contribution is -0.157. The fourth-order valence-electron chi connectivity index (χ4n) is 5.77. The molecule has 2 atom stereocenters. The van der Waals surface area contributed by atoms with E-state index in [4.69, 9.17) is 0 Å². The van der Waals surface area contributed by atoms with Crippen molar-refractivity contribution in [3.05, 3.63) is 53.1 Å². The maximum absolute atomic E-state index is 13.2. The molecule has 6 heteroatoms. The zero-order chi connectivity index (χ0) is 24.3. The third-order valence-electron chi connectivity index (χ3n) is 8.17. The van der Waals surface area contributed by atoms with E-state index in [1.807, 2.05) is 49.1 Å². The van der Waals surface area contributed by atoms with E-state index in [1.54, 1.807) is 0 Å². The van der Waals surface area contributed by atoms with Gasteiger partial charge in [0.05, 0.1) is 24.2 Å². The molecule has 1 aromatic carbocycles. The zero-order valence-electron chi connectivity index (χ0n) is 20.9. The van der Waals surface area contributed by atoms with Gasteiger partial charge in [-0.25, -0.2) is 4.98 Å². The molecule has 2 aromatic rings. The Kier molecular flexibility index (Phi) is 7.27. The molecule has 2 fully saturated rings. The van der Waals surface area contributed by atoms with Crippen molar-refractivity contribution in [2.75, 3.05) is 13.1 Å². The summed E-state index contributed by atoms with van der Waals surface area (Å²) in [6.07, 6.45) is 9.33. The van der Waals surface area contributed by atoms with Crippen molar-refractivity contribution in [3.63, 3.8) is 0 Å². The SMILES string of the molecule is C[C@H](CC1CCCCC1)C(=O)N1CC[C@](O)(Cn2cnc(-c3ccccc3)cc2=O)C(C)(C)C1. The summed E-state index contributed by atoms with van der Waals surface area (Å²) in [6.45, 7) is 7.22. The fourth-order valence-corrected chi connectivity index (χ4v) is 5.77. The lowest BCUT2D eigenvalue weighted by Gasteiger charge is -2.50. The van der Waals surface area contributed by atoms with Gasteiger partial charge in [-0.1, -0.05) is 83.2 Å². The van der Waals surface area contributed by atoms with Gasteiger partial charge in [0, 0.05) is 36.1 Å². The van der Waals surface area contributed by atoms with E-state index >= 15 is 0 Å². The maximum Gasteiger partial charge on any atom is 0.253 e. The van der Waals surface area contributed by atoms with Crippen LogP contribution < -0.4 is 5.56 Å². The van der Waals surface area contributed by atoms with Crippen LogP contribution in [0.3, 0.4) is 0 Å². The molecule has 0 unspecified atom stereocenters. The molecule has 6 nitrogen and oxygen atoms in total. The van der Waals surface area contributed by atoms with Gasteiger partial charge in [0.1, 0.15) is 0 Å². The Morgan fingerprint density at radius 3 is 2.53 bits per heavy atom. The number of amides is 1. The fraction of sp³-hybridized carbons (Fsp3) is 0.607. The molecule has 2 heterocycles. The van der Waals surface area contributed by atoms with Gasteiger partial charge < -0.3 is 10.0 Å². The molecule has 2 aliphatic rings. The highest BCUT2D eigenvalue weighted by Crippen LogP contribution is 2.40. The average Bonchev–Trinajstić information content (AvgIpc) is 2.83. The van der Waals surface area contributed by atoms with E-state index in [9.17, 15) is 14.7 Å². The summed E-state index contributed by atoms with van der Waals surface area (Å²) in [5.41, 5.74) is -0.322. The molecule has 1 aliphatic heterocycles. The summed E-state index contributed by atoms with van der Waals surface area (Å²) in [7, 11) is 0. The second-order valence-electron chi connectivity index (χ2n) is 11.2. The number of hydrogen-bond donors (Lipinski definition) is 1. The van der Waals surface area contributed by atoms with Crippen molar-refractivity contribution in [1.82, 2.24) is 14.5 Å². The van der Waals surface area contributed by atoms with Crippen molar-refractivity contribution in [1.29, 1.82) is 0 Å². The number of aromatic nitrogens is 2. The number of carbonyl (C=O) groups excluding carboxylic acids is 1. The van der Waals surface area contributed by atoms with Gasteiger partial charge in [0.25, 0.3) is 5.56 Å². The Labute approximate surface area is 203 Å². The highest BCUT2D eigenvalue weighted by molar-refractivity contribution is 5.78. The number of likely N-dealkylation sites (tertiary alicyclic amines) is 1. The summed E-state index contributed by atoms with van der Waals surface area (Å²) >= 11 is 0. The Bertz CT molecular complexity index is 1040. The summed E-state index contributed by atoms with van der Waals surface area (Å²) in [5.74, 6) is 0.884. The Morgan fingerprint density at radius 2 is 1.88 bits per heavy atom. The van der Waals surface area contributed by atoms with Crippen LogP contribution >= 0.6 is 0 Å². The van der Waals surface area contributed by atoms with E-state index < -0.39 is 11.0 Å². The van der Waals surface area contributed by atoms with Gasteiger partial charge in [-0.15, -0.1) is 0 Å². The second kappa shape index (κ2) is 10.0. The van der Waals surface area contributed by atoms with Crippen molar-refractivity contribution in [2.45, 2.75) is 77.9 Å². The topological polar surface area (TPSA) is 75.4 Å². The molecule has 0 radical (unpaired) electrons. The molecule has 0 bridgehead atoms. The first-order valence-corrected chi connectivity index (χ1v) is 12.8. The van der Waals surface area contributed by atoms with Crippen LogP contribution in [-0.4, -0.2) is 44.2 Å². The monoisotopic (exact) mass is 465 g/mol. The van der Waals surface area contributed by atoms with Crippen LogP contribution in [0.5, 0.6) is 0 Å². The lowest BCUT2D eigenvalue weighted by atomic mass is 9.69. The van der Waals surface area contributed by atoms with E-state index in [-0.39, 0.29) is 23.9 Å². The maximum atomic E-state index is 13.2. The van der Waals surface area contributed by atoms with Crippen molar-refractivity contribution < 1.29 is 9.90 Å². The number of nitrogens with zero attached hydrogens (tertiary/aromatic N) is 3. The highest BCUT2D eigenvalue weighted by Gasteiger charge is 2.49. The summed E-state index contributed by atoms with van der Waals surface area (Å²) in [4.78, 5) is 32.5. The van der Waals surface area contributed by atoms with Crippen molar-refractivity contribution >= 4 is 5.91 Å². The molecule has 184 valence electrons. The quantitative estimate of drug-likeness (QED) is 0.681. The van der Waals surface area contributed by atoms with E-state index in [0.717, 1.165) is 12.0 Å². The number of aliphatic hydroxyl groups is 1. The molecule has 1 saturated heterocycles. The van der Waals surface area contributed by atoms with Crippen LogP contribution in [0.25, 0.3) is 11.3 Å². The standard InChI is InChI=1S/C28H39N3O3/c1-21(16-22-10-6-4-7-11-22)26(33)30-15-14-28(34,27(2,3)18-30)19-31-20-29-24(17-25(31)32)23-12-8-5-9-13-23/h5,8-9,12-13,17,20-22,34H,4,6-7,10-11,14-16,18-19H2,1-3H3/t21-,28+/m1/s1. The number of carbonyl (C=O) groups is 1. The Morgan fingerprint density at radius 1 is 1.18 bits per heavy atom. The van der Waals surface area contributed by atoms with Crippen LogP contribution in [0.4, 0.5) is 0 Å². The van der Waals surface area contributed by atoms with E-state index in [0.29, 0.717) is 31.1 Å². The molecule has 1 aliphatic carbocycles. The van der Waals surface area contributed by atoms with E-state index in [1.165, 1.54) is 49.1 Å². The van der Waals surface area contributed by atoms with Gasteiger partial charge in [-0.3, -0.25) is 14.2 Å². The van der Waals surface area contributed by atoms with E-state index in [2.05, 4.69) is 11.9 Å². The minimum Gasteiger partial charge on any atom is -0.387 e. The first-order valence-electron chi connectivity index (χ1n) is 12.8. The molecule has 4 rings (SSSR count). The molecular formula is C28H39N3O3. The zero-order valence-corrected chi connectivity index (χ0v) is 20.9. The third-order valence-corrected chi connectivity index (χ3v) is 8.17. The lowest BCUT2D eigenvalue weighted by Crippen LogP contribution is -2.61. The molecule has 1 N–H and O–H groups in total. The Hall–Kier alpha value is -2.47. The van der Waals surface area contributed by atoms with Gasteiger partial charge in [0.2, 0.25) is 5.91 Å². The van der Waals surface area contributed by atoms with Crippen LogP contribution in [0.1, 0.15) is 65.7 Å². The minimum atomic E-state index is -1.10. The highest BCUT2D eigenvalue weighted by atomic mass is 16.3. The summed E-state index contributed by atoms with van der Waals surface area (Å²) in [6, 6.07) is 11.1. The Balaban J connectivity index is 1.42. The van der Waals surface area contributed by atoms with Gasteiger partial charge >= 0.3 is 0 Å². The van der Waals surface area contributed by atoms with Crippen molar-refractivity contribution in [3.8, 4) is 11.3 Å². The molecule has 0 spiro atoms. The van der Waals surface area contributed by atoms with Crippen LogP contribution in [0.15, 0.2) is 47.5 Å². The molecule has 1 aromatic heterocycles. The molecule has 34 heavy (non-hydrogen) atoms. The number of rotatable bonds is 6. The number of benzene rings is 1. The van der Waals surface area contributed by atoms with Gasteiger partial charge in [0.15, 0.2) is 0 Å². The predicted octanol–water partition coefficient (Wildman–Crippen LogP) is 4.51. The van der Waals surface area contributed by atoms with Crippen LogP contribution in [0.2, 0.25) is 0 Å². The number of piperidine rings is 1. The minimum absolute atomic E-state index is 0.0162. The van der Waals surface area contributed by atoms with Gasteiger partial charge in [-0.05, 0) is 18.8 Å². The normalized spacial score (nSPS) is 24.1. The van der Waals surface area contributed by atoms with Crippen molar-refractivity contribution in [2.24, 2.45) is 17.3 Å². The first-order chi connectivity index (χ1) is 16.2. The molecular weight excluding hydrogens is 426 g/mol. The largest absolute Gasteiger partial charge is 0.387 e. The number of hydrogen-bond acceptors (Lipinski definition) is 4. The molecule has 1 saturated carbocycles. The summed E-state index contributed by atoms with van der Waals surface area (Å²) < 4.78 is 1.50.